The van der Waals surface area contributed by atoms with Crippen LogP contribution < -0.4 is 0 Å². The Kier molecular flexibility index (Phi) is 6.94. The summed E-state index contributed by atoms with van der Waals surface area (Å²) in [4.78, 5) is 8.71. The van der Waals surface area contributed by atoms with E-state index >= 15 is 0 Å². The molecule has 3 aromatic heterocycles. The summed E-state index contributed by atoms with van der Waals surface area (Å²) < 4.78 is 29.4. The second-order valence-electron chi connectivity index (χ2n) is 12.7. The molecule has 0 bridgehead atoms. The number of hydrogen-bond acceptors (Lipinski definition) is 5. The number of nitriles is 1. The Morgan fingerprint density at radius 1 is 0.560 bits per heavy atom. The highest BCUT2D eigenvalue weighted by molar-refractivity contribution is 7.89. The fourth-order valence-corrected chi connectivity index (χ4v) is 8.81. The number of sulfone groups is 1. The van der Waals surface area contributed by atoms with Crippen LogP contribution in [0.25, 0.3) is 72.0 Å². The molecule has 7 heteroatoms. The lowest BCUT2D eigenvalue weighted by Crippen LogP contribution is -2.06. The van der Waals surface area contributed by atoms with Crippen LogP contribution >= 0.6 is 0 Å². The lowest BCUT2D eigenvalue weighted by atomic mass is 9.90. The molecular formula is C43H28N4O2S. The maximum atomic E-state index is 13.6. The van der Waals surface area contributed by atoms with Crippen molar-refractivity contribution >= 4 is 31.6 Å². The van der Waals surface area contributed by atoms with Gasteiger partial charge in [0.15, 0.2) is 9.84 Å². The molecule has 1 aliphatic rings. The highest BCUT2D eigenvalue weighted by Crippen LogP contribution is 2.41. The van der Waals surface area contributed by atoms with Crippen LogP contribution in [0.5, 0.6) is 0 Å². The minimum absolute atomic E-state index is 0.0321. The summed E-state index contributed by atoms with van der Waals surface area (Å²) in [5, 5.41) is 11.6. The third-order valence-electron chi connectivity index (χ3n) is 9.56. The Balaban J connectivity index is 1.22. The van der Waals surface area contributed by atoms with Crippen LogP contribution in [0.15, 0.2) is 146 Å². The number of nitrogens with zero attached hydrogens (tertiary/aromatic N) is 4. The van der Waals surface area contributed by atoms with Gasteiger partial charge in [-0.1, -0.05) is 48.5 Å². The fraction of sp³-hybridized carbons (Fsp3) is 0.0465. The summed E-state index contributed by atoms with van der Waals surface area (Å²) in [6.07, 6.45) is 7.26. The van der Waals surface area contributed by atoms with Crippen molar-refractivity contribution in [3.8, 4) is 56.3 Å². The van der Waals surface area contributed by atoms with Gasteiger partial charge in [-0.25, -0.2) is 8.42 Å². The minimum Gasteiger partial charge on any atom is -0.309 e. The monoisotopic (exact) mass is 664 g/mol. The second kappa shape index (κ2) is 11.7. The Labute approximate surface area is 289 Å². The highest BCUT2D eigenvalue weighted by atomic mass is 32.2. The number of pyridine rings is 2. The Morgan fingerprint density at radius 3 is 1.94 bits per heavy atom. The van der Waals surface area contributed by atoms with Crippen LogP contribution in [0, 0.1) is 11.3 Å². The molecule has 0 saturated carbocycles. The van der Waals surface area contributed by atoms with Crippen molar-refractivity contribution in [2.45, 2.75) is 11.5 Å². The first kappa shape index (κ1) is 29.8. The van der Waals surface area contributed by atoms with E-state index in [1.807, 2.05) is 73.1 Å². The fourth-order valence-electron chi connectivity index (χ4n) is 7.27. The molecule has 4 heterocycles. The number of benzene rings is 5. The van der Waals surface area contributed by atoms with Gasteiger partial charge in [-0.05, 0) is 117 Å². The van der Waals surface area contributed by atoms with Gasteiger partial charge in [0, 0.05) is 52.4 Å². The zero-order valence-electron chi connectivity index (χ0n) is 26.8. The third-order valence-corrected chi connectivity index (χ3v) is 11.1. The molecular weight excluding hydrogens is 637 g/mol. The third kappa shape index (κ3) is 5.14. The Morgan fingerprint density at radius 2 is 1.24 bits per heavy atom. The number of hydrogen-bond donors (Lipinski definition) is 0. The van der Waals surface area contributed by atoms with Crippen LogP contribution in [-0.4, -0.2) is 23.0 Å². The van der Waals surface area contributed by atoms with E-state index in [2.05, 4.69) is 81.3 Å². The van der Waals surface area contributed by atoms with Crippen molar-refractivity contribution in [3.05, 3.63) is 163 Å². The van der Waals surface area contributed by atoms with Crippen LogP contribution in [0.1, 0.15) is 16.7 Å². The molecule has 8 aromatic rings. The zero-order chi connectivity index (χ0) is 33.8. The highest BCUT2D eigenvalue weighted by Gasteiger charge is 2.25. The van der Waals surface area contributed by atoms with Gasteiger partial charge in [0.05, 0.1) is 34.2 Å². The van der Waals surface area contributed by atoms with Gasteiger partial charge in [0.2, 0.25) is 0 Å². The Bertz CT molecular complexity index is 2730. The summed E-state index contributed by atoms with van der Waals surface area (Å²) in [7, 11) is -3.45. The molecule has 6 nitrogen and oxygen atoms in total. The molecule has 0 aliphatic carbocycles. The van der Waals surface area contributed by atoms with Gasteiger partial charge in [-0.15, -0.1) is 0 Å². The molecule has 5 aromatic carbocycles. The molecule has 50 heavy (non-hydrogen) atoms. The standard InChI is InChI=1S/C43H28N4O2S/c44-23-28-9-14-43-41(17-28)39-7-1-2-8-42(39)47(43)37-12-13-38-36(21-37)27-50(48,49)26-32-11-10-29(22-40(32)38)33-18-34(30-5-3-15-45-24-30)20-35(19-33)31-6-4-16-46-25-31/h1-22,24-25H,26-27H2. The quantitative estimate of drug-likeness (QED) is 0.187. The molecule has 0 amide bonds. The summed E-state index contributed by atoms with van der Waals surface area (Å²) in [5.41, 5.74) is 12.9. The number of aromatic nitrogens is 3. The van der Waals surface area contributed by atoms with E-state index in [4.69, 9.17) is 0 Å². The first-order valence-electron chi connectivity index (χ1n) is 16.3. The van der Waals surface area contributed by atoms with Crippen molar-refractivity contribution in [1.29, 1.82) is 5.26 Å². The molecule has 0 unspecified atom stereocenters. The number of fused-ring (bicyclic) bond motifs is 6. The van der Waals surface area contributed by atoms with E-state index < -0.39 is 9.84 Å². The van der Waals surface area contributed by atoms with E-state index in [9.17, 15) is 13.7 Å². The number of rotatable bonds is 4. The van der Waals surface area contributed by atoms with Gasteiger partial charge in [0.25, 0.3) is 0 Å². The minimum atomic E-state index is -3.45. The molecule has 9 rings (SSSR count). The normalized spacial score (nSPS) is 13.3. The maximum Gasteiger partial charge on any atom is 0.158 e. The summed E-state index contributed by atoms with van der Waals surface area (Å²) in [6.45, 7) is 0. The van der Waals surface area contributed by atoms with Gasteiger partial charge in [-0.3, -0.25) is 9.97 Å². The van der Waals surface area contributed by atoms with Gasteiger partial charge >= 0.3 is 0 Å². The molecule has 0 fully saturated rings. The topological polar surface area (TPSA) is 88.6 Å². The molecule has 0 spiro atoms. The number of para-hydroxylation sites is 1. The van der Waals surface area contributed by atoms with E-state index in [0.717, 1.165) is 83.1 Å². The average Bonchev–Trinajstić information content (AvgIpc) is 3.43. The first-order valence-corrected chi connectivity index (χ1v) is 18.1. The summed E-state index contributed by atoms with van der Waals surface area (Å²) in [5.74, 6) is -0.0901. The van der Waals surface area contributed by atoms with Crippen molar-refractivity contribution in [3.63, 3.8) is 0 Å². The van der Waals surface area contributed by atoms with E-state index in [1.165, 1.54) is 0 Å². The van der Waals surface area contributed by atoms with E-state index in [0.29, 0.717) is 5.56 Å². The zero-order valence-corrected chi connectivity index (χ0v) is 27.6. The summed E-state index contributed by atoms with van der Waals surface area (Å²) in [6, 6.07) is 42.8. The predicted molar refractivity (Wildman–Crippen MR) is 199 cm³/mol. The molecule has 0 N–H and O–H groups in total. The van der Waals surface area contributed by atoms with Gasteiger partial charge < -0.3 is 4.57 Å². The van der Waals surface area contributed by atoms with Gasteiger partial charge in [0.1, 0.15) is 0 Å². The SMILES string of the molecule is N#Cc1ccc2c(c1)c1ccccc1n2-c1ccc2c(c1)CS(=O)(=O)Cc1ccc(-c3cc(-c4cccnc4)cc(-c4cccnc4)c3)cc1-2. The van der Waals surface area contributed by atoms with Crippen molar-refractivity contribution < 1.29 is 8.42 Å². The van der Waals surface area contributed by atoms with E-state index in [-0.39, 0.29) is 11.5 Å². The summed E-state index contributed by atoms with van der Waals surface area (Å²) >= 11 is 0. The van der Waals surface area contributed by atoms with E-state index in [1.54, 1.807) is 12.4 Å². The molecule has 238 valence electrons. The second-order valence-corrected chi connectivity index (χ2v) is 14.8. The first-order chi connectivity index (χ1) is 24.4. The Hall–Kier alpha value is -6.36. The van der Waals surface area contributed by atoms with Crippen LogP contribution in [0.4, 0.5) is 0 Å². The predicted octanol–water partition coefficient (Wildman–Crippen LogP) is 9.54. The lowest BCUT2D eigenvalue weighted by molar-refractivity contribution is 0.595. The smallest absolute Gasteiger partial charge is 0.158 e. The average molecular weight is 665 g/mol. The maximum absolute atomic E-state index is 13.6. The van der Waals surface area contributed by atoms with Crippen LogP contribution in [-0.2, 0) is 21.3 Å². The molecule has 0 saturated heterocycles. The molecule has 1 aliphatic heterocycles. The molecule has 0 radical (unpaired) electrons. The van der Waals surface area contributed by atoms with Gasteiger partial charge in [-0.2, -0.15) is 5.26 Å². The van der Waals surface area contributed by atoms with Crippen LogP contribution in [0.3, 0.4) is 0 Å². The molecule has 0 atom stereocenters. The van der Waals surface area contributed by atoms with Crippen LogP contribution in [0.2, 0.25) is 0 Å². The largest absolute Gasteiger partial charge is 0.309 e. The lowest BCUT2D eigenvalue weighted by Gasteiger charge is -2.15. The van der Waals surface area contributed by atoms with Crippen molar-refractivity contribution in [2.24, 2.45) is 0 Å². The van der Waals surface area contributed by atoms with Crippen molar-refractivity contribution in [2.75, 3.05) is 0 Å². The van der Waals surface area contributed by atoms with Crippen molar-refractivity contribution in [1.82, 2.24) is 14.5 Å².